The molecule has 4 heteroatoms. The van der Waals surface area contributed by atoms with Crippen molar-refractivity contribution >= 4 is 29.3 Å². The van der Waals surface area contributed by atoms with E-state index in [2.05, 4.69) is 17.4 Å². The van der Waals surface area contributed by atoms with E-state index in [9.17, 15) is 4.79 Å². The van der Waals surface area contributed by atoms with Gasteiger partial charge < -0.3 is 5.32 Å². The van der Waals surface area contributed by atoms with Crippen molar-refractivity contribution < 1.29 is 4.79 Å². The number of thioether (sulfide) groups is 1. The zero-order chi connectivity index (χ0) is 14.2. The van der Waals surface area contributed by atoms with E-state index >= 15 is 0 Å². The van der Waals surface area contributed by atoms with Crippen LogP contribution in [0.5, 0.6) is 0 Å². The Hall–Kier alpha value is -1.45. The summed E-state index contributed by atoms with van der Waals surface area (Å²) in [6.45, 7) is 0.642. The average molecular weight is 306 g/mol. The molecule has 104 valence electrons. The Morgan fingerprint density at radius 3 is 2.65 bits per heavy atom. The molecule has 0 aliphatic carbocycles. The van der Waals surface area contributed by atoms with Gasteiger partial charge >= 0.3 is 0 Å². The second-order valence-electron chi connectivity index (χ2n) is 4.25. The maximum absolute atomic E-state index is 12.0. The highest BCUT2D eigenvalue weighted by atomic mass is 35.5. The van der Waals surface area contributed by atoms with Crippen LogP contribution in [0.3, 0.4) is 0 Å². The highest BCUT2D eigenvalue weighted by Gasteiger charge is 2.05. The summed E-state index contributed by atoms with van der Waals surface area (Å²) in [5.41, 5.74) is 1.62. The molecule has 2 rings (SSSR count). The van der Waals surface area contributed by atoms with E-state index in [-0.39, 0.29) is 5.91 Å². The zero-order valence-corrected chi connectivity index (χ0v) is 12.6. The first-order valence-corrected chi connectivity index (χ1v) is 7.92. The van der Waals surface area contributed by atoms with E-state index in [1.54, 1.807) is 17.8 Å². The number of rotatable bonds is 6. The molecule has 0 saturated heterocycles. The van der Waals surface area contributed by atoms with Gasteiger partial charge in [0.1, 0.15) is 0 Å². The molecule has 0 aliphatic heterocycles. The minimum atomic E-state index is -0.0503. The fourth-order valence-corrected chi connectivity index (χ4v) is 2.70. The normalized spacial score (nSPS) is 10.2. The number of benzene rings is 2. The van der Waals surface area contributed by atoms with Gasteiger partial charge in [-0.1, -0.05) is 30.3 Å². The van der Waals surface area contributed by atoms with Crippen molar-refractivity contribution in [1.29, 1.82) is 0 Å². The summed E-state index contributed by atoms with van der Waals surface area (Å²) in [4.78, 5) is 13.2. The van der Waals surface area contributed by atoms with Crippen molar-refractivity contribution in [1.82, 2.24) is 5.32 Å². The van der Waals surface area contributed by atoms with Gasteiger partial charge in [-0.3, -0.25) is 4.79 Å². The standard InChI is InChI=1S/C16H16ClNOS/c17-12-13-5-4-6-14(11-13)16(19)18-9-10-20-15-7-2-1-3-8-15/h1-8,11H,9-10,12H2,(H,18,19). The number of amides is 1. The van der Waals surface area contributed by atoms with Crippen LogP contribution in [0.25, 0.3) is 0 Å². The maximum atomic E-state index is 12.0. The lowest BCUT2D eigenvalue weighted by Gasteiger charge is -2.06. The quantitative estimate of drug-likeness (QED) is 0.497. The Morgan fingerprint density at radius 1 is 1.10 bits per heavy atom. The molecule has 2 nitrogen and oxygen atoms in total. The average Bonchev–Trinajstić information content (AvgIpc) is 2.52. The predicted molar refractivity (Wildman–Crippen MR) is 85.5 cm³/mol. The van der Waals surface area contributed by atoms with Gasteiger partial charge in [0, 0.05) is 28.6 Å². The van der Waals surface area contributed by atoms with Crippen LogP contribution in [-0.2, 0) is 5.88 Å². The number of alkyl halides is 1. The third-order valence-corrected chi connectivity index (χ3v) is 4.07. The Labute approximate surface area is 128 Å². The smallest absolute Gasteiger partial charge is 0.251 e. The van der Waals surface area contributed by atoms with Crippen molar-refractivity contribution in [3.8, 4) is 0 Å². The van der Waals surface area contributed by atoms with Crippen molar-refractivity contribution in [3.63, 3.8) is 0 Å². The molecule has 0 spiro atoms. The number of nitrogens with one attached hydrogen (secondary N) is 1. The fraction of sp³-hybridized carbons (Fsp3) is 0.188. The molecular weight excluding hydrogens is 290 g/mol. The first-order valence-electron chi connectivity index (χ1n) is 6.40. The molecular formula is C16H16ClNOS. The molecule has 1 amide bonds. The molecule has 0 fully saturated rings. The first kappa shape index (κ1) is 14.9. The highest BCUT2D eigenvalue weighted by molar-refractivity contribution is 7.99. The van der Waals surface area contributed by atoms with Gasteiger partial charge in [0.05, 0.1) is 0 Å². The predicted octanol–water partition coefficient (Wildman–Crippen LogP) is 3.95. The monoisotopic (exact) mass is 305 g/mol. The molecule has 0 aliphatic rings. The van der Waals surface area contributed by atoms with Crippen LogP contribution < -0.4 is 5.32 Å². The second kappa shape index (κ2) is 7.98. The van der Waals surface area contributed by atoms with Crippen molar-refractivity contribution in [2.75, 3.05) is 12.3 Å². The van der Waals surface area contributed by atoms with E-state index < -0.39 is 0 Å². The van der Waals surface area contributed by atoms with Gasteiger partial charge in [0.25, 0.3) is 5.91 Å². The van der Waals surface area contributed by atoms with E-state index in [1.165, 1.54) is 4.90 Å². The van der Waals surface area contributed by atoms with Crippen molar-refractivity contribution in [2.45, 2.75) is 10.8 Å². The maximum Gasteiger partial charge on any atom is 0.251 e. The van der Waals surface area contributed by atoms with Crippen LogP contribution in [0.2, 0.25) is 0 Å². The van der Waals surface area contributed by atoms with Crippen LogP contribution in [0.4, 0.5) is 0 Å². The third-order valence-electron chi connectivity index (χ3n) is 2.74. The number of carbonyl (C=O) groups is 1. The summed E-state index contributed by atoms with van der Waals surface area (Å²) in [6.07, 6.45) is 0. The fourth-order valence-electron chi connectivity index (χ4n) is 1.75. The van der Waals surface area contributed by atoms with Gasteiger partial charge in [-0.2, -0.15) is 0 Å². The molecule has 0 unspecified atom stereocenters. The van der Waals surface area contributed by atoms with Crippen molar-refractivity contribution in [2.24, 2.45) is 0 Å². The summed E-state index contributed by atoms with van der Waals surface area (Å²) >= 11 is 7.49. The Bertz CT molecular complexity index is 559. The van der Waals surface area contributed by atoms with Crippen LogP contribution >= 0.6 is 23.4 Å². The second-order valence-corrected chi connectivity index (χ2v) is 5.69. The number of hydrogen-bond donors (Lipinski definition) is 1. The summed E-state index contributed by atoms with van der Waals surface area (Å²) < 4.78 is 0. The lowest BCUT2D eigenvalue weighted by Crippen LogP contribution is -2.25. The third kappa shape index (κ3) is 4.58. The molecule has 0 atom stereocenters. The molecule has 0 saturated carbocycles. The van der Waals surface area contributed by atoms with Crippen LogP contribution in [0, 0.1) is 0 Å². The molecule has 2 aromatic rings. The molecule has 0 heterocycles. The summed E-state index contributed by atoms with van der Waals surface area (Å²) in [7, 11) is 0. The molecule has 0 bridgehead atoms. The van der Waals surface area contributed by atoms with Gasteiger partial charge in [-0.15, -0.1) is 23.4 Å². The number of halogens is 1. The van der Waals surface area contributed by atoms with E-state index in [0.717, 1.165) is 11.3 Å². The topological polar surface area (TPSA) is 29.1 Å². The van der Waals surface area contributed by atoms with Gasteiger partial charge in [0.15, 0.2) is 0 Å². The SMILES string of the molecule is O=C(NCCSc1ccccc1)c1cccc(CCl)c1. The summed E-state index contributed by atoms with van der Waals surface area (Å²) in [6, 6.07) is 17.5. The van der Waals surface area contributed by atoms with Gasteiger partial charge in [-0.05, 0) is 29.8 Å². The first-order chi connectivity index (χ1) is 9.79. The van der Waals surface area contributed by atoms with E-state index in [1.807, 2.05) is 36.4 Å². The highest BCUT2D eigenvalue weighted by Crippen LogP contribution is 2.15. The summed E-state index contributed by atoms with van der Waals surface area (Å²) in [5, 5.41) is 2.92. The Morgan fingerprint density at radius 2 is 1.90 bits per heavy atom. The van der Waals surface area contributed by atoms with Crippen LogP contribution in [0.1, 0.15) is 15.9 Å². The van der Waals surface area contributed by atoms with Crippen molar-refractivity contribution in [3.05, 3.63) is 65.7 Å². The minimum Gasteiger partial charge on any atom is -0.351 e. The lowest BCUT2D eigenvalue weighted by atomic mass is 10.1. The number of hydrogen-bond acceptors (Lipinski definition) is 2. The summed E-state index contributed by atoms with van der Waals surface area (Å²) in [5.74, 6) is 1.22. The zero-order valence-electron chi connectivity index (χ0n) is 11.0. The molecule has 20 heavy (non-hydrogen) atoms. The van der Waals surface area contributed by atoms with Gasteiger partial charge in [0.2, 0.25) is 0 Å². The van der Waals surface area contributed by atoms with E-state index in [4.69, 9.17) is 11.6 Å². The minimum absolute atomic E-state index is 0.0503. The molecule has 0 radical (unpaired) electrons. The Balaban J connectivity index is 1.77. The van der Waals surface area contributed by atoms with Gasteiger partial charge in [-0.25, -0.2) is 0 Å². The molecule has 0 aromatic heterocycles. The number of carbonyl (C=O) groups excluding carboxylic acids is 1. The van der Waals surface area contributed by atoms with Crippen LogP contribution in [0.15, 0.2) is 59.5 Å². The lowest BCUT2D eigenvalue weighted by molar-refractivity contribution is 0.0956. The van der Waals surface area contributed by atoms with Crippen LogP contribution in [-0.4, -0.2) is 18.2 Å². The molecule has 1 N–H and O–H groups in total. The Kier molecular flexibility index (Phi) is 5.96. The molecule has 2 aromatic carbocycles. The van der Waals surface area contributed by atoms with E-state index in [0.29, 0.717) is 18.0 Å². The largest absolute Gasteiger partial charge is 0.351 e.